The van der Waals surface area contributed by atoms with E-state index in [1.807, 2.05) is 19.4 Å². The van der Waals surface area contributed by atoms with Crippen molar-refractivity contribution in [3.8, 4) is 0 Å². The number of rotatable bonds is 4. The average molecular weight is 290 g/mol. The Morgan fingerprint density at radius 1 is 1.45 bits per heavy atom. The highest BCUT2D eigenvalue weighted by Crippen LogP contribution is 2.31. The lowest BCUT2D eigenvalue weighted by atomic mass is 10.1. The molecule has 0 saturated carbocycles. The highest BCUT2D eigenvalue weighted by molar-refractivity contribution is 7.19. The van der Waals surface area contributed by atoms with E-state index in [0.717, 1.165) is 26.9 Å². The molecule has 0 spiro atoms. The normalized spacial score (nSPS) is 12.9. The Kier molecular flexibility index (Phi) is 3.52. The van der Waals surface area contributed by atoms with E-state index in [-0.39, 0.29) is 11.9 Å². The minimum atomic E-state index is -0.213. The first-order valence-corrected chi connectivity index (χ1v) is 7.10. The molecule has 2 aromatic heterocycles. The maximum Gasteiger partial charge on any atom is 0.124 e. The molecule has 1 aromatic carbocycles. The number of hydrazine groups is 1. The molecule has 2 heterocycles. The van der Waals surface area contributed by atoms with Crippen LogP contribution in [0.25, 0.3) is 10.1 Å². The van der Waals surface area contributed by atoms with Crippen LogP contribution in [-0.2, 0) is 13.5 Å². The smallest absolute Gasteiger partial charge is 0.124 e. The summed E-state index contributed by atoms with van der Waals surface area (Å²) in [4.78, 5) is 1.09. The molecule has 1 atom stereocenters. The van der Waals surface area contributed by atoms with Gasteiger partial charge in [-0.3, -0.25) is 16.0 Å². The number of halogens is 1. The van der Waals surface area contributed by atoms with Gasteiger partial charge in [-0.2, -0.15) is 5.10 Å². The molecule has 0 aliphatic heterocycles. The van der Waals surface area contributed by atoms with E-state index in [1.165, 1.54) is 6.07 Å². The monoisotopic (exact) mass is 290 g/mol. The Bertz CT molecular complexity index is 734. The second kappa shape index (κ2) is 5.32. The van der Waals surface area contributed by atoms with Gasteiger partial charge in [0.1, 0.15) is 5.82 Å². The molecule has 20 heavy (non-hydrogen) atoms. The molecule has 6 heteroatoms. The zero-order chi connectivity index (χ0) is 14.1. The first kappa shape index (κ1) is 13.2. The van der Waals surface area contributed by atoms with Crippen molar-refractivity contribution in [3.05, 3.63) is 52.9 Å². The molecular weight excluding hydrogens is 275 g/mol. The first-order valence-electron chi connectivity index (χ1n) is 6.28. The lowest BCUT2D eigenvalue weighted by molar-refractivity contribution is 0.560. The Balaban J connectivity index is 1.90. The van der Waals surface area contributed by atoms with E-state index >= 15 is 0 Å². The van der Waals surface area contributed by atoms with Gasteiger partial charge in [0, 0.05) is 22.8 Å². The zero-order valence-corrected chi connectivity index (χ0v) is 11.8. The second-order valence-electron chi connectivity index (χ2n) is 4.78. The van der Waals surface area contributed by atoms with Crippen LogP contribution in [0.2, 0.25) is 0 Å². The van der Waals surface area contributed by atoms with Gasteiger partial charge in [-0.05, 0) is 35.6 Å². The Labute approximate surface area is 120 Å². The highest BCUT2D eigenvalue weighted by Gasteiger charge is 2.15. The lowest BCUT2D eigenvalue weighted by Gasteiger charge is -2.12. The number of benzene rings is 1. The largest absolute Gasteiger partial charge is 0.276 e. The Morgan fingerprint density at radius 3 is 3.00 bits per heavy atom. The maximum absolute atomic E-state index is 13.2. The summed E-state index contributed by atoms with van der Waals surface area (Å²) in [6.07, 6.45) is 4.55. The number of fused-ring (bicyclic) bond motifs is 1. The van der Waals surface area contributed by atoms with Crippen molar-refractivity contribution in [2.24, 2.45) is 12.9 Å². The Morgan fingerprint density at radius 2 is 2.30 bits per heavy atom. The molecule has 0 radical (unpaired) electrons. The van der Waals surface area contributed by atoms with Gasteiger partial charge in [-0.15, -0.1) is 11.3 Å². The van der Waals surface area contributed by atoms with Gasteiger partial charge >= 0.3 is 0 Å². The molecular formula is C14H15FN4S. The van der Waals surface area contributed by atoms with Crippen molar-refractivity contribution in [1.82, 2.24) is 15.2 Å². The third-order valence-electron chi connectivity index (χ3n) is 3.24. The van der Waals surface area contributed by atoms with Crippen molar-refractivity contribution >= 4 is 21.4 Å². The quantitative estimate of drug-likeness (QED) is 0.573. The van der Waals surface area contributed by atoms with Crippen LogP contribution in [0.5, 0.6) is 0 Å². The van der Waals surface area contributed by atoms with E-state index in [1.54, 1.807) is 28.2 Å². The standard InChI is InChI=1S/C14H15FN4S/c1-19-8-9(7-17-19)4-12(18-16)14-5-10-2-3-11(15)6-13(10)20-14/h2-3,5-8,12,18H,4,16H2,1H3. The second-order valence-corrected chi connectivity index (χ2v) is 5.89. The summed E-state index contributed by atoms with van der Waals surface area (Å²) < 4.78 is 15.9. The number of nitrogens with zero attached hydrogens (tertiary/aromatic N) is 2. The van der Waals surface area contributed by atoms with Gasteiger partial charge in [0.2, 0.25) is 0 Å². The fraction of sp³-hybridized carbons (Fsp3) is 0.214. The predicted octanol–water partition coefficient (Wildman–Crippen LogP) is 2.52. The van der Waals surface area contributed by atoms with Gasteiger partial charge < -0.3 is 0 Å². The minimum absolute atomic E-state index is 0.000314. The van der Waals surface area contributed by atoms with Crippen molar-refractivity contribution < 1.29 is 4.39 Å². The highest BCUT2D eigenvalue weighted by atomic mass is 32.1. The number of nitrogens with one attached hydrogen (secondary N) is 1. The Hall–Kier alpha value is -1.76. The minimum Gasteiger partial charge on any atom is -0.276 e. The number of hydrogen-bond donors (Lipinski definition) is 2. The van der Waals surface area contributed by atoms with Gasteiger partial charge in [0.15, 0.2) is 0 Å². The summed E-state index contributed by atoms with van der Waals surface area (Å²) in [5.74, 6) is 5.45. The van der Waals surface area contributed by atoms with Crippen LogP contribution >= 0.6 is 11.3 Å². The van der Waals surface area contributed by atoms with Crippen molar-refractivity contribution in [3.63, 3.8) is 0 Å². The molecule has 0 aliphatic carbocycles. The SMILES string of the molecule is Cn1cc(CC(NN)c2cc3ccc(F)cc3s2)cn1. The van der Waals surface area contributed by atoms with Gasteiger partial charge in [0.05, 0.1) is 12.2 Å². The molecule has 3 aromatic rings. The molecule has 0 aliphatic rings. The van der Waals surface area contributed by atoms with Crippen LogP contribution < -0.4 is 11.3 Å². The van der Waals surface area contributed by atoms with Crippen molar-refractivity contribution in [2.45, 2.75) is 12.5 Å². The summed E-state index contributed by atoms with van der Waals surface area (Å²) in [6.45, 7) is 0. The number of aryl methyl sites for hydroxylation is 1. The molecule has 0 fully saturated rings. The van der Waals surface area contributed by atoms with Crippen LogP contribution in [0.4, 0.5) is 4.39 Å². The molecule has 3 N–H and O–H groups in total. The molecule has 4 nitrogen and oxygen atoms in total. The lowest BCUT2D eigenvalue weighted by Crippen LogP contribution is -2.28. The van der Waals surface area contributed by atoms with Crippen molar-refractivity contribution in [1.29, 1.82) is 0 Å². The van der Waals surface area contributed by atoms with Gasteiger partial charge in [-0.1, -0.05) is 6.07 Å². The fourth-order valence-electron chi connectivity index (χ4n) is 2.25. The maximum atomic E-state index is 13.2. The molecule has 1 unspecified atom stereocenters. The van der Waals surface area contributed by atoms with Crippen molar-refractivity contribution in [2.75, 3.05) is 0 Å². The third-order valence-corrected chi connectivity index (χ3v) is 4.46. The number of nitrogens with two attached hydrogens (primary N) is 1. The van der Waals surface area contributed by atoms with E-state index in [0.29, 0.717) is 0 Å². The van der Waals surface area contributed by atoms with E-state index < -0.39 is 0 Å². The molecule has 0 bridgehead atoms. The topological polar surface area (TPSA) is 55.9 Å². The summed E-state index contributed by atoms with van der Waals surface area (Å²) in [5, 5.41) is 5.19. The fourth-order valence-corrected chi connectivity index (χ4v) is 3.40. The third kappa shape index (κ3) is 2.58. The summed E-state index contributed by atoms with van der Waals surface area (Å²) >= 11 is 1.56. The molecule has 3 rings (SSSR count). The van der Waals surface area contributed by atoms with Crippen LogP contribution in [0, 0.1) is 5.82 Å². The van der Waals surface area contributed by atoms with Crippen LogP contribution in [-0.4, -0.2) is 9.78 Å². The van der Waals surface area contributed by atoms with E-state index in [2.05, 4.69) is 16.6 Å². The van der Waals surface area contributed by atoms with E-state index in [4.69, 9.17) is 5.84 Å². The average Bonchev–Trinajstić information content (AvgIpc) is 3.01. The number of aromatic nitrogens is 2. The summed E-state index contributed by atoms with van der Waals surface area (Å²) in [7, 11) is 1.89. The summed E-state index contributed by atoms with van der Waals surface area (Å²) in [6, 6.07) is 6.88. The van der Waals surface area contributed by atoms with Gasteiger partial charge in [-0.25, -0.2) is 4.39 Å². The number of thiophene rings is 1. The van der Waals surface area contributed by atoms with Gasteiger partial charge in [0.25, 0.3) is 0 Å². The predicted molar refractivity (Wildman–Crippen MR) is 78.8 cm³/mol. The molecule has 0 saturated heterocycles. The molecule has 0 amide bonds. The summed E-state index contributed by atoms with van der Waals surface area (Å²) in [5.41, 5.74) is 3.94. The van der Waals surface area contributed by atoms with Crippen LogP contribution in [0.3, 0.4) is 0 Å². The van der Waals surface area contributed by atoms with Crippen LogP contribution in [0.15, 0.2) is 36.7 Å². The number of hydrogen-bond acceptors (Lipinski definition) is 4. The first-order chi connectivity index (χ1) is 9.65. The molecule has 104 valence electrons. The zero-order valence-electron chi connectivity index (χ0n) is 11.0. The van der Waals surface area contributed by atoms with Crippen LogP contribution in [0.1, 0.15) is 16.5 Å². The van der Waals surface area contributed by atoms with E-state index in [9.17, 15) is 4.39 Å².